The van der Waals surface area contributed by atoms with Crippen LogP contribution in [0.15, 0.2) is 41.8 Å². The third-order valence-electron chi connectivity index (χ3n) is 3.01. The lowest BCUT2D eigenvalue weighted by atomic mass is 9.94. The average Bonchev–Trinajstić information content (AvgIpc) is 2.88. The minimum atomic E-state index is -0.100. The van der Waals surface area contributed by atoms with Crippen molar-refractivity contribution in [3.8, 4) is 0 Å². The second-order valence-electron chi connectivity index (χ2n) is 4.31. The van der Waals surface area contributed by atoms with Crippen molar-refractivity contribution >= 4 is 11.3 Å². The molecule has 0 aliphatic carbocycles. The molecule has 18 heavy (non-hydrogen) atoms. The van der Waals surface area contributed by atoms with Gasteiger partial charge in [0.15, 0.2) is 0 Å². The smallest absolute Gasteiger partial charge is 0.126 e. The molecular weight excluding hydrogens is 245 g/mol. The van der Waals surface area contributed by atoms with Crippen molar-refractivity contribution in [1.29, 1.82) is 0 Å². The molecule has 1 N–H and O–H groups in total. The SMILES string of the molecule is CCNCC(Cc1cccs1)c1ccccc1F. The van der Waals surface area contributed by atoms with Gasteiger partial charge >= 0.3 is 0 Å². The van der Waals surface area contributed by atoms with Gasteiger partial charge in [0.1, 0.15) is 5.82 Å². The lowest BCUT2D eigenvalue weighted by Crippen LogP contribution is -2.23. The Morgan fingerprint density at radius 3 is 2.72 bits per heavy atom. The van der Waals surface area contributed by atoms with E-state index in [9.17, 15) is 4.39 Å². The first-order valence-electron chi connectivity index (χ1n) is 6.28. The quantitative estimate of drug-likeness (QED) is 0.835. The Hall–Kier alpha value is -1.19. The van der Waals surface area contributed by atoms with Crippen LogP contribution in [-0.2, 0) is 6.42 Å². The highest BCUT2D eigenvalue weighted by Crippen LogP contribution is 2.25. The number of hydrogen-bond donors (Lipinski definition) is 1. The zero-order chi connectivity index (χ0) is 12.8. The van der Waals surface area contributed by atoms with Crippen molar-refractivity contribution in [1.82, 2.24) is 5.32 Å². The Labute approximate surface area is 112 Å². The van der Waals surface area contributed by atoms with Crippen LogP contribution in [0, 0.1) is 5.82 Å². The van der Waals surface area contributed by atoms with Crippen LogP contribution >= 0.6 is 11.3 Å². The molecule has 1 unspecified atom stereocenters. The Morgan fingerprint density at radius 1 is 1.22 bits per heavy atom. The number of thiophene rings is 1. The Bertz CT molecular complexity index is 467. The Kier molecular flexibility index (Phi) is 4.90. The van der Waals surface area contributed by atoms with Gasteiger partial charge in [0, 0.05) is 17.3 Å². The fourth-order valence-corrected chi connectivity index (χ4v) is 2.87. The molecule has 0 aliphatic heterocycles. The highest BCUT2D eigenvalue weighted by atomic mass is 32.1. The molecule has 96 valence electrons. The standard InChI is InChI=1S/C15H18FNS/c1-2-17-11-12(10-13-6-5-9-18-13)14-7-3-4-8-15(14)16/h3-9,12,17H,2,10-11H2,1H3. The van der Waals surface area contributed by atoms with Gasteiger partial charge in [0.25, 0.3) is 0 Å². The molecule has 0 spiro atoms. The van der Waals surface area contributed by atoms with E-state index in [0.29, 0.717) is 0 Å². The molecule has 2 aromatic rings. The molecule has 0 saturated heterocycles. The number of hydrogen-bond acceptors (Lipinski definition) is 2. The topological polar surface area (TPSA) is 12.0 Å². The van der Waals surface area contributed by atoms with Gasteiger partial charge in [0.2, 0.25) is 0 Å². The first-order valence-corrected chi connectivity index (χ1v) is 7.16. The molecule has 1 nitrogen and oxygen atoms in total. The summed E-state index contributed by atoms with van der Waals surface area (Å²) in [7, 11) is 0. The molecule has 0 amide bonds. The molecule has 3 heteroatoms. The predicted molar refractivity (Wildman–Crippen MR) is 75.7 cm³/mol. The summed E-state index contributed by atoms with van der Waals surface area (Å²) >= 11 is 1.74. The summed E-state index contributed by atoms with van der Waals surface area (Å²) in [5.41, 5.74) is 0.812. The minimum Gasteiger partial charge on any atom is -0.316 e. The van der Waals surface area contributed by atoms with Crippen molar-refractivity contribution in [2.75, 3.05) is 13.1 Å². The van der Waals surface area contributed by atoms with Gasteiger partial charge in [-0.3, -0.25) is 0 Å². The average molecular weight is 263 g/mol. The van der Waals surface area contributed by atoms with Crippen LogP contribution in [0.4, 0.5) is 4.39 Å². The summed E-state index contributed by atoms with van der Waals surface area (Å²) in [6, 6.07) is 11.3. The van der Waals surface area contributed by atoms with Crippen LogP contribution in [0.2, 0.25) is 0 Å². The lowest BCUT2D eigenvalue weighted by Gasteiger charge is -2.17. The first-order chi connectivity index (χ1) is 8.81. The van der Waals surface area contributed by atoms with E-state index in [4.69, 9.17) is 0 Å². The van der Waals surface area contributed by atoms with Crippen molar-refractivity contribution in [3.63, 3.8) is 0 Å². The Morgan fingerprint density at radius 2 is 2.06 bits per heavy atom. The molecule has 1 aromatic carbocycles. The molecule has 2 rings (SSSR count). The maximum atomic E-state index is 13.9. The predicted octanol–water partition coefficient (Wildman–Crippen LogP) is 3.82. The third-order valence-corrected chi connectivity index (χ3v) is 3.91. The van der Waals surface area contributed by atoms with Gasteiger partial charge in [-0.15, -0.1) is 11.3 Å². The molecule has 0 radical (unpaired) electrons. The van der Waals surface area contributed by atoms with Crippen molar-refractivity contribution in [2.24, 2.45) is 0 Å². The maximum absolute atomic E-state index is 13.9. The maximum Gasteiger partial charge on any atom is 0.126 e. The van der Waals surface area contributed by atoms with Crippen molar-refractivity contribution < 1.29 is 4.39 Å². The second-order valence-corrected chi connectivity index (χ2v) is 5.34. The highest BCUT2D eigenvalue weighted by Gasteiger charge is 2.16. The van der Waals surface area contributed by atoms with Gasteiger partial charge < -0.3 is 5.32 Å². The van der Waals surface area contributed by atoms with E-state index in [1.165, 1.54) is 4.88 Å². The molecule has 0 aliphatic rings. The third kappa shape index (κ3) is 3.40. The van der Waals surface area contributed by atoms with Crippen LogP contribution in [0.3, 0.4) is 0 Å². The van der Waals surface area contributed by atoms with Gasteiger partial charge in [-0.1, -0.05) is 31.2 Å². The van der Waals surface area contributed by atoms with E-state index >= 15 is 0 Å². The number of benzene rings is 1. The van der Waals surface area contributed by atoms with E-state index < -0.39 is 0 Å². The van der Waals surface area contributed by atoms with Crippen LogP contribution < -0.4 is 5.32 Å². The normalized spacial score (nSPS) is 12.6. The molecule has 1 aromatic heterocycles. The van der Waals surface area contributed by atoms with E-state index in [-0.39, 0.29) is 11.7 Å². The van der Waals surface area contributed by atoms with E-state index in [1.807, 2.05) is 18.2 Å². The highest BCUT2D eigenvalue weighted by molar-refractivity contribution is 7.09. The first kappa shape index (κ1) is 13.2. The summed E-state index contributed by atoms with van der Waals surface area (Å²) in [6.45, 7) is 3.80. The van der Waals surface area contributed by atoms with Crippen LogP contribution in [0.1, 0.15) is 23.3 Å². The fraction of sp³-hybridized carbons (Fsp3) is 0.333. The van der Waals surface area contributed by atoms with E-state index in [0.717, 1.165) is 25.1 Å². The summed E-state index contributed by atoms with van der Waals surface area (Å²) in [5.74, 6) is 0.0989. The molecule has 0 bridgehead atoms. The number of rotatable bonds is 6. The zero-order valence-electron chi connectivity index (χ0n) is 10.5. The number of likely N-dealkylation sites (N-methyl/N-ethyl adjacent to an activating group) is 1. The zero-order valence-corrected chi connectivity index (χ0v) is 11.3. The van der Waals surface area contributed by atoms with Crippen LogP contribution in [0.5, 0.6) is 0 Å². The van der Waals surface area contributed by atoms with Gasteiger partial charge in [-0.05, 0) is 36.0 Å². The van der Waals surface area contributed by atoms with Gasteiger partial charge in [-0.2, -0.15) is 0 Å². The largest absolute Gasteiger partial charge is 0.316 e. The minimum absolute atomic E-state index is 0.100. The van der Waals surface area contributed by atoms with Crippen LogP contribution in [-0.4, -0.2) is 13.1 Å². The summed E-state index contributed by atoms with van der Waals surface area (Å²) < 4.78 is 13.9. The lowest BCUT2D eigenvalue weighted by molar-refractivity contribution is 0.546. The summed E-state index contributed by atoms with van der Waals surface area (Å²) in [5, 5.41) is 5.39. The second kappa shape index (κ2) is 6.66. The molecular formula is C15H18FNS. The van der Waals surface area contributed by atoms with Crippen LogP contribution in [0.25, 0.3) is 0 Å². The summed E-state index contributed by atoms with van der Waals surface area (Å²) in [6.07, 6.45) is 0.894. The molecule has 1 atom stereocenters. The monoisotopic (exact) mass is 263 g/mol. The summed E-state index contributed by atoms with van der Waals surface area (Å²) in [4.78, 5) is 1.31. The molecule has 1 heterocycles. The van der Waals surface area contributed by atoms with E-state index in [1.54, 1.807) is 23.5 Å². The molecule has 0 saturated carbocycles. The van der Waals surface area contributed by atoms with Crippen molar-refractivity contribution in [2.45, 2.75) is 19.3 Å². The van der Waals surface area contributed by atoms with Gasteiger partial charge in [0.05, 0.1) is 0 Å². The fourth-order valence-electron chi connectivity index (χ4n) is 2.09. The molecule has 0 fully saturated rings. The van der Waals surface area contributed by atoms with E-state index in [2.05, 4.69) is 23.7 Å². The van der Waals surface area contributed by atoms with Gasteiger partial charge in [-0.25, -0.2) is 4.39 Å². The Balaban J connectivity index is 2.16. The number of halogens is 1. The number of nitrogens with one attached hydrogen (secondary N) is 1. The van der Waals surface area contributed by atoms with Crippen molar-refractivity contribution in [3.05, 3.63) is 58.0 Å².